The highest BCUT2D eigenvalue weighted by atomic mass is 127. The molecule has 9 nitrogen and oxygen atoms in total. The average Bonchev–Trinajstić information content (AvgIpc) is 2.87. The van der Waals surface area contributed by atoms with Crippen molar-refractivity contribution in [3.05, 3.63) is 79.5 Å². The van der Waals surface area contributed by atoms with Gasteiger partial charge in [-0.15, -0.1) is 0 Å². The van der Waals surface area contributed by atoms with Crippen molar-refractivity contribution in [2.45, 2.75) is 19.9 Å². The van der Waals surface area contributed by atoms with Gasteiger partial charge in [-0.1, -0.05) is 30.9 Å². The fraction of sp³-hybridized carbons (Fsp3) is 0.231. The average molecular weight is 713 g/mol. The van der Waals surface area contributed by atoms with E-state index in [0.29, 0.717) is 40.1 Å². The molecule has 1 aliphatic heterocycles. The van der Waals surface area contributed by atoms with Gasteiger partial charge in [-0.25, -0.2) is 10.2 Å². The van der Waals surface area contributed by atoms with E-state index in [9.17, 15) is 9.59 Å². The van der Waals surface area contributed by atoms with Gasteiger partial charge < -0.3 is 24.8 Å². The fourth-order valence-corrected chi connectivity index (χ4v) is 5.59. The van der Waals surface area contributed by atoms with Crippen molar-refractivity contribution < 1.29 is 23.8 Å². The first kappa shape index (κ1) is 29.6. The molecule has 0 unspecified atom stereocenters. The Morgan fingerprint density at radius 1 is 1.29 bits per heavy atom. The van der Waals surface area contributed by atoms with E-state index in [1.807, 2.05) is 18.2 Å². The Morgan fingerprint density at radius 3 is 2.76 bits per heavy atom. The molecule has 0 spiro atoms. The van der Waals surface area contributed by atoms with Gasteiger partial charge >= 0.3 is 5.97 Å². The van der Waals surface area contributed by atoms with E-state index in [1.165, 1.54) is 6.21 Å². The maximum absolute atomic E-state index is 12.7. The fourth-order valence-electron chi connectivity index (χ4n) is 3.55. The van der Waals surface area contributed by atoms with E-state index in [0.717, 1.165) is 13.6 Å². The third kappa shape index (κ3) is 7.77. The molecule has 12 heteroatoms. The number of ether oxygens (including phenoxy) is 3. The number of allylic oxidation sites excluding steroid dienone is 1. The van der Waals surface area contributed by atoms with Crippen molar-refractivity contribution >= 4 is 73.9 Å². The molecule has 1 atom stereocenters. The Hall–Kier alpha value is -2.97. The van der Waals surface area contributed by atoms with Crippen molar-refractivity contribution in [3.63, 3.8) is 0 Å². The summed E-state index contributed by atoms with van der Waals surface area (Å²) in [5.41, 5.74) is 4.82. The normalized spacial score (nSPS) is 14.9. The van der Waals surface area contributed by atoms with Crippen molar-refractivity contribution in [1.29, 1.82) is 0 Å². The molecule has 38 heavy (non-hydrogen) atoms. The van der Waals surface area contributed by atoms with Gasteiger partial charge in [0.1, 0.15) is 18.1 Å². The van der Waals surface area contributed by atoms with E-state index in [1.54, 1.807) is 38.1 Å². The lowest BCUT2D eigenvalue weighted by molar-refractivity contribution is -0.139. The molecule has 2 aromatic carbocycles. The second kappa shape index (κ2) is 14.3. The van der Waals surface area contributed by atoms with Crippen LogP contribution in [0.5, 0.6) is 11.5 Å². The van der Waals surface area contributed by atoms with Gasteiger partial charge in [0.2, 0.25) is 0 Å². The molecule has 1 aliphatic rings. The number of esters is 1. The van der Waals surface area contributed by atoms with Gasteiger partial charge in [-0.2, -0.15) is 5.10 Å². The first-order chi connectivity index (χ1) is 18.2. The molecule has 0 bridgehead atoms. The molecule has 0 saturated heterocycles. The summed E-state index contributed by atoms with van der Waals surface area (Å²) in [6, 6.07) is 10.2. The lowest BCUT2D eigenvalue weighted by atomic mass is 9.95. The maximum Gasteiger partial charge on any atom is 0.338 e. The smallest absolute Gasteiger partial charge is 0.338 e. The zero-order chi connectivity index (χ0) is 27.7. The van der Waals surface area contributed by atoms with Gasteiger partial charge in [-0.3, -0.25) is 4.79 Å². The van der Waals surface area contributed by atoms with Crippen LogP contribution in [0.25, 0.3) is 0 Å². The van der Waals surface area contributed by atoms with Crippen molar-refractivity contribution in [3.8, 4) is 11.5 Å². The van der Waals surface area contributed by atoms with E-state index in [4.69, 9.17) is 26.4 Å². The topological polar surface area (TPSA) is 110 Å². The number of hydrazone groups is 1. The number of carbonyl (C=O) groups is 2. The number of halogens is 2. The molecule has 0 aliphatic carbocycles. The number of nitrogens with one attached hydrogen (secondary N) is 3. The third-order valence-corrected chi connectivity index (χ3v) is 6.73. The zero-order valence-corrected chi connectivity index (χ0v) is 25.2. The number of benzene rings is 2. The molecule has 3 rings (SSSR count). The SMILES string of the molecule is C=CCOc1c(Br)cc(C=NNC(=O)COc2ccccc2[C@H]2NC(=S)NC(C)=C2C(=O)OCC)cc1I. The largest absolute Gasteiger partial charge is 0.487 e. The van der Waals surface area contributed by atoms with Gasteiger partial charge in [0.15, 0.2) is 11.7 Å². The molecular weight excluding hydrogens is 687 g/mol. The number of hydrogen-bond acceptors (Lipinski definition) is 7. The lowest BCUT2D eigenvalue weighted by Crippen LogP contribution is -2.45. The van der Waals surface area contributed by atoms with E-state index in [2.05, 4.69) is 66.3 Å². The summed E-state index contributed by atoms with van der Waals surface area (Å²) < 4.78 is 18.3. The summed E-state index contributed by atoms with van der Waals surface area (Å²) in [4.78, 5) is 25.1. The number of para-hydroxylation sites is 1. The van der Waals surface area contributed by atoms with Crippen LogP contribution in [0.4, 0.5) is 0 Å². The van der Waals surface area contributed by atoms with Crippen LogP contribution < -0.4 is 25.5 Å². The summed E-state index contributed by atoms with van der Waals surface area (Å²) in [5.74, 6) is 0.193. The molecule has 2 aromatic rings. The van der Waals surface area contributed by atoms with Crippen molar-refractivity contribution in [2.75, 3.05) is 19.8 Å². The second-order valence-corrected chi connectivity index (χ2v) is 10.2. The summed E-state index contributed by atoms with van der Waals surface area (Å²) in [5, 5.41) is 10.4. The minimum absolute atomic E-state index is 0.231. The number of carbonyl (C=O) groups excluding carboxylic acids is 2. The van der Waals surface area contributed by atoms with Gasteiger partial charge in [0.25, 0.3) is 5.91 Å². The number of nitrogens with zero attached hydrogens (tertiary/aromatic N) is 1. The Morgan fingerprint density at radius 2 is 2.05 bits per heavy atom. The van der Waals surface area contributed by atoms with E-state index in [-0.39, 0.29) is 13.2 Å². The van der Waals surface area contributed by atoms with E-state index < -0.39 is 17.9 Å². The van der Waals surface area contributed by atoms with Crippen LogP contribution in [0, 0.1) is 3.57 Å². The number of thiocarbonyl (C=S) groups is 1. The minimum atomic E-state index is -0.612. The first-order valence-electron chi connectivity index (χ1n) is 11.5. The van der Waals surface area contributed by atoms with Crippen LogP contribution in [0.3, 0.4) is 0 Å². The molecule has 0 fully saturated rings. The van der Waals surface area contributed by atoms with Crippen LogP contribution in [0.15, 0.2) is 69.9 Å². The Bertz CT molecular complexity index is 1280. The number of rotatable bonds is 11. The van der Waals surface area contributed by atoms with Crippen LogP contribution in [0.1, 0.15) is 31.0 Å². The summed E-state index contributed by atoms with van der Waals surface area (Å²) in [7, 11) is 0. The molecule has 1 amide bonds. The quantitative estimate of drug-likeness (QED) is 0.0781. The highest BCUT2D eigenvalue weighted by molar-refractivity contribution is 14.1. The van der Waals surface area contributed by atoms with Crippen LogP contribution in [-0.2, 0) is 14.3 Å². The Balaban J connectivity index is 1.68. The van der Waals surface area contributed by atoms with Crippen molar-refractivity contribution in [1.82, 2.24) is 16.1 Å². The minimum Gasteiger partial charge on any atom is -0.487 e. The Kier molecular flexibility index (Phi) is 11.1. The van der Waals surface area contributed by atoms with E-state index >= 15 is 0 Å². The van der Waals surface area contributed by atoms with Crippen molar-refractivity contribution in [2.24, 2.45) is 5.10 Å². The monoisotopic (exact) mass is 712 g/mol. The second-order valence-electron chi connectivity index (χ2n) is 7.82. The number of amides is 1. The molecule has 1 heterocycles. The highest BCUT2D eigenvalue weighted by Crippen LogP contribution is 2.34. The molecule has 3 N–H and O–H groups in total. The molecular formula is C26H26BrIN4O5S. The number of hydrogen-bond donors (Lipinski definition) is 3. The predicted octanol–water partition coefficient (Wildman–Crippen LogP) is 4.50. The van der Waals surface area contributed by atoms with Gasteiger partial charge in [0.05, 0.1) is 32.5 Å². The summed E-state index contributed by atoms with van der Waals surface area (Å²) in [6.45, 7) is 7.47. The van der Waals surface area contributed by atoms with Crippen LogP contribution in [0.2, 0.25) is 0 Å². The first-order valence-corrected chi connectivity index (χ1v) is 13.7. The standard InChI is InChI=1S/C26H26BrIN4O5S/c1-4-10-36-24-18(27)11-16(12-19(24)28)13-29-32-21(33)14-37-20-9-7-6-8-17(20)23-22(25(34)35-5-2)15(3)30-26(38)31-23/h4,6-9,11-13,23H,1,5,10,14H2,2-3H3,(H,32,33)(H2,30,31,38)/t23-/m1/s1. The molecule has 0 saturated carbocycles. The summed E-state index contributed by atoms with van der Waals surface area (Å²) >= 11 is 10.9. The summed E-state index contributed by atoms with van der Waals surface area (Å²) in [6.07, 6.45) is 3.19. The maximum atomic E-state index is 12.7. The van der Waals surface area contributed by atoms with Crippen LogP contribution >= 0.6 is 50.7 Å². The predicted molar refractivity (Wildman–Crippen MR) is 161 cm³/mol. The van der Waals surface area contributed by atoms with Crippen LogP contribution in [-0.4, -0.2) is 43.0 Å². The molecule has 200 valence electrons. The third-order valence-electron chi connectivity index (χ3n) is 5.12. The van der Waals surface area contributed by atoms with Gasteiger partial charge in [-0.05, 0) is 88.3 Å². The molecule has 0 radical (unpaired) electrons. The Labute approximate surface area is 248 Å². The zero-order valence-electron chi connectivity index (χ0n) is 20.7. The molecule has 0 aromatic heterocycles. The lowest BCUT2D eigenvalue weighted by Gasteiger charge is -2.30. The highest BCUT2D eigenvalue weighted by Gasteiger charge is 2.32. The van der Waals surface area contributed by atoms with Gasteiger partial charge in [0, 0.05) is 11.3 Å².